The first-order chi connectivity index (χ1) is 10.7. The van der Waals surface area contributed by atoms with Crippen LogP contribution in [0.2, 0.25) is 0 Å². The lowest BCUT2D eigenvalue weighted by atomic mass is 10.1. The van der Waals surface area contributed by atoms with E-state index >= 15 is 0 Å². The first kappa shape index (κ1) is 13.9. The summed E-state index contributed by atoms with van der Waals surface area (Å²) in [6.07, 6.45) is 0. The molecule has 2 aromatic carbocycles. The quantitative estimate of drug-likeness (QED) is 0.770. The van der Waals surface area contributed by atoms with Gasteiger partial charge in [0, 0.05) is 5.56 Å². The van der Waals surface area contributed by atoms with Crippen LogP contribution in [0.1, 0.15) is 27.8 Å². The number of aromatic amines is 1. The minimum atomic E-state index is -0.618. The van der Waals surface area contributed by atoms with Gasteiger partial charge in [-0.1, -0.05) is 35.5 Å². The van der Waals surface area contributed by atoms with Crippen molar-refractivity contribution < 1.29 is 9.18 Å². The van der Waals surface area contributed by atoms with Crippen LogP contribution in [-0.4, -0.2) is 26.5 Å². The predicted octanol–water partition coefficient (Wildman–Crippen LogP) is 1.86. The smallest absolute Gasteiger partial charge is 0.252 e. The number of amides is 1. The molecule has 0 aliphatic carbocycles. The van der Waals surface area contributed by atoms with Crippen molar-refractivity contribution in [2.24, 2.45) is 0 Å². The van der Waals surface area contributed by atoms with E-state index < -0.39 is 6.04 Å². The molecule has 1 atom stereocenters. The number of carbonyl (C=O) groups excluding carboxylic acids is 1. The van der Waals surface area contributed by atoms with Crippen molar-refractivity contribution in [1.29, 1.82) is 0 Å². The Balaban J connectivity index is 1.90. The molecule has 0 aliphatic heterocycles. The zero-order chi connectivity index (χ0) is 15.4. The number of nitrogens with zero attached hydrogens (tertiary/aromatic N) is 3. The molecule has 2 N–H and O–H groups in total. The maximum Gasteiger partial charge on any atom is 0.252 e. The van der Waals surface area contributed by atoms with Crippen LogP contribution in [0, 0.1) is 5.82 Å². The van der Waals surface area contributed by atoms with E-state index in [1.165, 1.54) is 12.1 Å². The third-order valence-electron chi connectivity index (χ3n) is 3.13. The Morgan fingerprint density at radius 1 is 1.09 bits per heavy atom. The van der Waals surface area contributed by atoms with Gasteiger partial charge in [0.1, 0.15) is 11.9 Å². The summed E-state index contributed by atoms with van der Waals surface area (Å²) in [6, 6.07) is 13.9. The highest BCUT2D eigenvalue weighted by molar-refractivity contribution is 5.94. The average molecular weight is 297 g/mol. The lowest BCUT2D eigenvalue weighted by Gasteiger charge is -2.16. The third-order valence-corrected chi connectivity index (χ3v) is 3.13. The van der Waals surface area contributed by atoms with Crippen molar-refractivity contribution in [3.63, 3.8) is 0 Å². The number of H-pyrrole nitrogens is 1. The Morgan fingerprint density at radius 2 is 1.82 bits per heavy atom. The number of benzene rings is 2. The summed E-state index contributed by atoms with van der Waals surface area (Å²) in [4.78, 5) is 12.3. The highest BCUT2D eigenvalue weighted by atomic mass is 19.1. The summed E-state index contributed by atoms with van der Waals surface area (Å²) in [5.74, 6) is -0.333. The molecule has 3 rings (SSSR count). The minimum Gasteiger partial charge on any atom is -0.338 e. The fourth-order valence-corrected chi connectivity index (χ4v) is 2.05. The van der Waals surface area contributed by atoms with Crippen LogP contribution in [-0.2, 0) is 0 Å². The molecule has 0 aliphatic rings. The van der Waals surface area contributed by atoms with Gasteiger partial charge in [-0.25, -0.2) is 4.39 Å². The van der Waals surface area contributed by atoms with Crippen molar-refractivity contribution in [2.75, 3.05) is 0 Å². The molecule has 1 heterocycles. The maximum atomic E-state index is 13.1. The highest BCUT2D eigenvalue weighted by Gasteiger charge is 2.21. The zero-order valence-corrected chi connectivity index (χ0v) is 11.4. The van der Waals surface area contributed by atoms with Gasteiger partial charge in [-0.05, 0) is 29.8 Å². The molecule has 22 heavy (non-hydrogen) atoms. The summed E-state index contributed by atoms with van der Waals surface area (Å²) in [6.45, 7) is 0. The van der Waals surface area contributed by atoms with Gasteiger partial charge in [0.15, 0.2) is 0 Å². The van der Waals surface area contributed by atoms with E-state index in [2.05, 4.69) is 25.9 Å². The second kappa shape index (κ2) is 6.13. The van der Waals surface area contributed by atoms with E-state index in [-0.39, 0.29) is 11.7 Å². The first-order valence-electron chi connectivity index (χ1n) is 6.59. The molecule has 0 bridgehead atoms. The monoisotopic (exact) mass is 297 g/mol. The molecule has 1 amide bonds. The van der Waals surface area contributed by atoms with E-state index in [1.54, 1.807) is 36.4 Å². The van der Waals surface area contributed by atoms with Crippen LogP contribution in [0.25, 0.3) is 0 Å². The Morgan fingerprint density at radius 3 is 2.45 bits per heavy atom. The molecule has 0 saturated carbocycles. The number of tetrazole rings is 1. The molecular formula is C15H12FN5O. The first-order valence-corrected chi connectivity index (χ1v) is 6.59. The zero-order valence-electron chi connectivity index (χ0n) is 11.4. The van der Waals surface area contributed by atoms with Crippen molar-refractivity contribution in [3.8, 4) is 0 Å². The second-order valence-corrected chi connectivity index (χ2v) is 4.59. The lowest BCUT2D eigenvalue weighted by Crippen LogP contribution is -2.30. The molecule has 6 nitrogen and oxygen atoms in total. The molecule has 0 spiro atoms. The lowest BCUT2D eigenvalue weighted by molar-refractivity contribution is 0.0941. The Kier molecular flexibility index (Phi) is 3.86. The molecule has 1 unspecified atom stereocenters. The summed E-state index contributed by atoms with van der Waals surface area (Å²) in [5.41, 5.74) is 1.17. The van der Waals surface area contributed by atoms with Crippen LogP contribution in [0.3, 0.4) is 0 Å². The summed E-state index contributed by atoms with van der Waals surface area (Å²) in [7, 11) is 0. The predicted molar refractivity (Wildman–Crippen MR) is 76.3 cm³/mol. The van der Waals surface area contributed by atoms with Gasteiger partial charge < -0.3 is 5.32 Å². The van der Waals surface area contributed by atoms with Crippen LogP contribution in [0.4, 0.5) is 4.39 Å². The number of hydrogen-bond donors (Lipinski definition) is 2. The van der Waals surface area contributed by atoms with Crippen LogP contribution < -0.4 is 5.32 Å². The topological polar surface area (TPSA) is 83.6 Å². The average Bonchev–Trinajstić information content (AvgIpc) is 3.08. The van der Waals surface area contributed by atoms with Gasteiger partial charge in [0.05, 0.1) is 0 Å². The molecule has 0 fully saturated rings. The molecule has 0 radical (unpaired) electrons. The number of rotatable bonds is 4. The van der Waals surface area contributed by atoms with E-state index in [0.29, 0.717) is 17.0 Å². The molecule has 3 aromatic rings. The number of nitrogens with one attached hydrogen (secondary N) is 2. The van der Waals surface area contributed by atoms with Crippen LogP contribution in [0.15, 0.2) is 54.6 Å². The largest absolute Gasteiger partial charge is 0.338 e. The van der Waals surface area contributed by atoms with Gasteiger partial charge in [-0.15, -0.1) is 10.2 Å². The second-order valence-electron chi connectivity index (χ2n) is 4.59. The SMILES string of the molecule is O=C(NC(c1ccc(F)cc1)c1nn[nH]n1)c1ccccc1. The van der Waals surface area contributed by atoms with E-state index in [1.807, 2.05) is 6.07 Å². The van der Waals surface area contributed by atoms with Gasteiger partial charge in [-0.3, -0.25) is 4.79 Å². The molecular weight excluding hydrogens is 285 g/mol. The minimum absolute atomic E-state index is 0.278. The molecule has 1 aromatic heterocycles. The fraction of sp³-hybridized carbons (Fsp3) is 0.0667. The molecule has 7 heteroatoms. The van der Waals surface area contributed by atoms with E-state index in [0.717, 1.165) is 0 Å². The van der Waals surface area contributed by atoms with Gasteiger partial charge in [0.2, 0.25) is 5.82 Å². The Bertz CT molecular complexity index is 743. The van der Waals surface area contributed by atoms with Gasteiger partial charge in [-0.2, -0.15) is 5.21 Å². The standard InChI is InChI=1S/C15H12FN5O/c16-12-8-6-10(7-9-12)13(14-18-20-21-19-14)17-15(22)11-4-2-1-3-5-11/h1-9,13H,(H,17,22)(H,18,19,20,21). The normalized spacial score (nSPS) is 11.9. The summed E-state index contributed by atoms with van der Waals surface area (Å²) in [5, 5.41) is 16.5. The molecule has 0 saturated heterocycles. The van der Waals surface area contributed by atoms with E-state index in [9.17, 15) is 9.18 Å². The summed E-state index contributed by atoms with van der Waals surface area (Å²) >= 11 is 0. The maximum absolute atomic E-state index is 13.1. The van der Waals surface area contributed by atoms with Gasteiger partial charge >= 0.3 is 0 Å². The number of halogens is 1. The number of aromatic nitrogens is 4. The number of carbonyl (C=O) groups is 1. The van der Waals surface area contributed by atoms with Crippen molar-refractivity contribution in [3.05, 3.63) is 77.4 Å². The van der Waals surface area contributed by atoms with Crippen LogP contribution in [0.5, 0.6) is 0 Å². The van der Waals surface area contributed by atoms with Crippen molar-refractivity contribution in [1.82, 2.24) is 25.9 Å². The van der Waals surface area contributed by atoms with Gasteiger partial charge in [0.25, 0.3) is 5.91 Å². The van der Waals surface area contributed by atoms with Crippen molar-refractivity contribution in [2.45, 2.75) is 6.04 Å². The molecule has 110 valence electrons. The Hall–Kier alpha value is -3.09. The fourth-order valence-electron chi connectivity index (χ4n) is 2.05. The number of hydrogen-bond acceptors (Lipinski definition) is 4. The third kappa shape index (κ3) is 2.98. The van der Waals surface area contributed by atoms with Crippen molar-refractivity contribution >= 4 is 5.91 Å². The summed E-state index contributed by atoms with van der Waals surface area (Å²) < 4.78 is 13.1. The Labute approximate surface area is 125 Å². The van der Waals surface area contributed by atoms with E-state index in [4.69, 9.17) is 0 Å². The van der Waals surface area contributed by atoms with Crippen LogP contribution >= 0.6 is 0 Å². The highest BCUT2D eigenvalue weighted by Crippen LogP contribution is 2.19.